The van der Waals surface area contributed by atoms with Crippen molar-refractivity contribution in [2.75, 3.05) is 6.67 Å². The minimum absolute atomic E-state index is 0.663. The number of nitrogens with zero attached hydrogens (tertiary/aromatic N) is 2. The second-order valence-corrected chi connectivity index (χ2v) is 2.21. The van der Waals surface area contributed by atoms with Gasteiger partial charge in [-0.05, 0) is 20.6 Å². The van der Waals surface area contributed by atoms with Gasteiger partial charge in [-0.1, -0.05) is 0 Å². The molecule has 0 saturated carbocycles. The summed E-state index contributed by atoms with van der Waals surface area (Å²) in [6, 6.07) is 0. The molecule has 3 heteroatoms. The van der Waals surface area contributed by atoms with E-state index in [2.05, 4.69) is 22.0 Å². The monoisotopic (exact) mass is 137 g/mol. The summed E-state index contributed by atoms with van der Waals surface area (Å²) in [4.78, 5) is 7.99. The topological polar surface area (TPSA) is 36.8 Å². The van der Waals surface area contributed by atoms with Crippen LogP contribution in [0, 0.1) is 0 Å². The van der Waals surface area contributed by atoms with E-state index in [1.807, 2.05) is 13.8 Å². The van der Waals surface area contributed by atoms with E-state index < -0.39 is 0 Å². The quantitative estimate of drug-likeness (QED) is 0.536. The average Bonchev–Trinajstić information content (AvgIpc) is 1.88. The summed E-state index contributed by atoms with van der Waals surface area (Å²) in [7, 11) is 0. The normalized spacial score (nSPS) is 18.0. The first kappa shape index (κ1) is 6.99. The summed E-state index contributed by atoms with van der Waals surface area (Å²) in [5.41, 5.74) is 2.90. The van der Waals surface area contributed by atoms with Crippen molar-refractivity contribution < 1.29 is 0 Å². The second-order valence-electron chi connectivity index (χ2n) is 2.21. The molecule has 0 amide bonds. The highest BCUT2D eigenvalue weighted by Gasteiger charge is 2.07. The van der Waals surface area contributed by atoms with Gasteiger partial charge in [0.1, 0.15) is 12.4 Å². The van der Waals surface area contributed by atoms with Gasteiger partial charge in [0.15, 0.2) is 0 Å². The Morgan fingerprint density at radius 1 is 1.60 bits per heavy atom. The Morgan fingerprint density at radius 3 is 2.70 bits per heavy atom. The summed E-state index contributed by atoms with van der Waals surface area (Å²) in [5.74, 6) is 0. The van der Waals surface area contributed by atoms with E-state index in [9.17, 15) is 0 Å². The molecule has 0 radical (unpaired) electrons. The van der Waals surface area contributed by atoms with Crippen molar-refractivity contribution in [3.05, 3.63) is 11.4 Å². The molecule has 0 unspecified atom stereocenters. The van der Waals surface area contributed by atoms with Gasteiger partial charge < -0.3 is 5.32 Å². The van der Waals surface area contributed by atoms with Crippen molar-refractivity contribution >= 4 is 12.4 Å². The molecular formula is C7H11N3. The number of allylic oxidation sites excluding steroid dienone is 2. The van der Waals surface area contributed by atoms with Crippen molar-refractivity contribution in [1.29, 1.82) is 0 Å². The van der Waals surface area contributed by atoms with E-state index in [1.165, 1.54) is 0 Å². The lowest BCUT2D eigenvalue weighted by Crippen LogP contribution is -2.21. The van der Waals surface area contributed by atoms with Gasteiger partial charge in [0.2, 0.25) is 0 Å². The van der Waals surface area contributed by atoms with Crippen LogP contribution in [-0.2, 0) is 0 Å². The molecule has 1 aliphatic heterocycles. The van der Waals surface area contributed by atoms with Gasteiger partial charge in [-0.2, -0.15) is 0 Å². The van der Waals surface area contributed by atoms with Crippen molar-refractivity contribution in [2.24, 2.45) is 9.98 Å². The lowest BCUT2D eigenvalue weighted by atomic mass is 10.2. The zero-order chi connectivity index (χ0) is 7.56. The third-order valence-corrected chi connectivity index (χ3v) is 1.52. The Hall–Kier alpha value is -1.12. The average molecular weight is 137 g/mol. The Morgan fingerprint density at radius 2 is 2.30 bits per heavy atom. The van der Waals surface area contributed by atoms with Gasteiger partial charge in [0.05, 0.1) is 5.71 Å². The van der Waals surface area contributed by atoms with Crippen LogP contribution in [0.3, 0.4) is 0 Å². The van der Waals surface area contributed by atoms with Crippen molar-refractivity contribution in [1.82, 2.24) is 5.32 Å². The molecule has 10 heavy (non-hydrogen) atoms. The van der Waals surface area contributed by atoms with Gasteiger partial charge in [0, 0.05) is 5.70 Å². The summed E-state index contributed by atoms with van der Waals surface area (Å²) in [5, 5.41) is 3.07. The third-order valence-electron chi connectivity index (χ3n) is 1.52. The number of hydrogen-bond donors (Lipinski definition) is 1. The molecular weight excluding hydrogens is 126 g/mol. The van der Waals surface area contributed by atoms with Gasteiger partial charge in [0.25, 0.3) is 0 Å². The molecule has 0 bridgehead atoms. The SMILES string of the molecule is C=NC1=C(C)NCN=C1C. The Bertz CT molecular complexity index is 213. The maximum Gasteiger partial charge on any atom is 0.107 e. The maximum absolute atomic E-state index is 4.15. The Balaban J connectivity index is 2.97. The summed E-state index contributed by atoms with van der Waals surface area (Å²) < 4.78 is 0. The molecule has 3 nitrogen and oxygen atoms in total. The van der Waals surface area contributed by atoms with E-state index >= 15 is 0 Å². The molecule has 0 aliphatic carbocycles. The second kappa shape index (κ2) is 2.64. The molecule has 1 aliphatic rings. The Kier molecular flexibility index (Phi) is 1.85. The van der Waals surface area contributed by atoms with E-state index in [4.69, 9.17) is 0 Å². The molecule has 0 aromatic heterocycles. The van der Waals surface area contributed by atoms with Gasteiger partial charge >= 0.3 is 0 Å². The van der Waals surface area contributed by atoms with Crippen LogP contribution in [-0.4, -0.2) is 19.1 Å². The van der Waals surface area contributed by atoms with Crippen LogP contribution >= 0.6 is 0 Å². The van der Waals surface area contributed by atoms with Gasteiger partial charge in [-0.15, -0.1) is 0 Å². The minimum atomic E-state index is 0.663. The fourth-order valence-corrected chi connectivity index (χ4v) is 0.940. The number of aliphatic imine (C=N–C) groups is 2. The zero-order valence-electron chi connectivity index (χ0n) is 6.31. The molecule has 1 rings (SSSR count). The molecule has 0 fully saturated rings. The molecule has 0 saturated heterocycles. The standard InChI is InChI=1S/C7H11N3/c1-5-7(8-3)6(2)10-4-9-5/h9H,3-4H2,1-2H3. The van der Waals surface area contributed by atoms with Crippen LogP contribution in [0.1, 0.15) is 13.8 Å². The third kappa shape index (κ3) is 1.07. The van der Waals surface area contributed by atoms with E-state index in [-0.39, 0.29) is 0 Å². The largest absolute Gasteiger partial charge is 0.368 e. The molecule has 0 spiro atoms. The van der Waals surface area contributed by atoms with Crippen LogP contribution in [0.2, 0.25) is 0 Å². The number of hydrogen-bond acceptors (Lipinski definition) is 3. The highest BCUT2D eigenvalue weighted by Crippen LogP contribution is 2.08. The lowest BCUT2D eigenvalue weighted by molar-refractivity contribution is 0.800. The van der Waals surface area contributed by atoms with E-state index in [0.717, 1.165) is 17.1 Å². The number of nitrogens with one attached hydrogen (secondary N) is 1. The summed E-state index contributed by atoms with van der Waals surface area (Å²) in [6.45, 7) is 8.03. The zero-order valence-corrected chi connectivity index (χ0v) is 6.31. The molecule has 0 aromatic rings. The first-order valence-corrected chi connectivity index (χ1v) is 3.18. The fraction of sp³-hybridized carbons (Fsp3) is 0.429. The van der Waals surface area contributed by atoms with Gasteiger partial charge in [-0.25, -0.2) is 0 Å². The van der Waals surface area contributed by atoms with Crippen LogP contribution in [0.5, 0.6) is 0 Å². The van der Waals surface area contributed by atoms with Gasteiger partial charge in [-0.3, -0.25) is 9.98 Å². The first-order chi connectivity index (χ1) is 4.75. The predicted octanol–water partition coefficient (Wildman–Crippen LogP) is 0.940. The predicted molar refractivity (Wildman–Crippen MR) is 43.4 cm³/mol. The molecule has 1 N–H and O–H groups in total. The summed E-state index contributed by atoms with van der Waals surface area (Å²) >= 11 is 0. The Labute approximate surface area is 60.6 Å². The maximum atomic E-state index is 4.15. The number of rotatable bonds is 1. The van der Waals surface area contributed by atoms with Crippen molar-refractivity contribution in [3.8, 4) is 0 Å². The first-order valence-electron chi connectivity index (χ1n) is 3.18. The smallest absolute Gasteiger partial charge is 0.107 e. The highest BCUT2D eigenvalue weighted by atomic mass is 15.1. The van der Waals surface area contributed by atoms with Crippen LogP contribution in [0.15, 0.2) is 21.4 Å². The highest BCUT2D eigenvalue weighted by molar-refractivity contribution is 5.99. The van der Waals surface area contributed by atoms with Crippen molar-refractivity contribution in [2.45, 2.75) is 13.8 Å². The minimum Gasteiger partial charge on any atom is -0.368 e. The van der Waals surface area contributed by atoms with Crippen LogP contribution in [0.4, 0.5) is 0 Å². The molecule has 0 aromatic carbocycles. The molecule has 1 heterocycles. The van der Waals surface area contributed by atoms with Crippen molar-refractivity contribution in [3.63, 3.8) is 0 Å². The molecule has 0 atom stereocenters. The van der Waals surface area contributed by atoms with E-state index in [0.29, 0.717) is 6.67 Å². The molecule has 54 valence electrons. The van der Waals surface area contributed by atoms with Crippen LogP contribution < -0.4 is 5.32 Å². The summed E-state index contributed by atoms with van der Waals surface area (Å²) in [6.07, 6.45) is 0. The fourth-order valence-electron chi connectivity index (χ4n) is 0.940. The van der Waals surface area contributed by atoms with E-state index in [1.54, 1.807) is 0 Å². The van der Waals surface area contributed by atoms with Crippen LogP contribution in [0.25, 0.3) is 0 Å². The lowest BCUT2D eigenvalue weighted by Gasteiger charge is -2.13.